The number of carbonyl (C=O) groups is 1. The number of nitrogens with one attached hydrogen (secondary N) is 1. The summed E-state index contributed by atoms with van der Waals surface area (Å²) in [4.78, 5) is 11.5. The number of rotatable bonds is 4. The summed E-state index contributed by atoms with van der Waals surface area (Å²) in [6.45, 7) is 9.54. The Hall–Kier alpha value is -0.370. The molecule has 2 heteroatoms. The van der Waals surface area contributed by atoms with E-state index in [1.807, 2.05) is 0 Å². The molecule has 0 spiro atoms. The molecule has 0 radical (unpaired) electrons. The lowest BCUT2D eigenvalue weighted by molar-refractivity contribution is -0.228. The lowest BCUT2D eigenvalue weighted by Gasteiger charge is -2.77. The summed E-state index contributed by atoms with van der Waals surface area (Å²) in [5, 5.41) is 4.20. The smallest absolute Gasteiger partial charge is 0.129 e. The van der Waals surface area contributed by atoms with Crippen LogP contribution >= 0.6 is 0 Å². The van der Waals surface area contributed by atoms with Crippen LogP contribution in [0.1, 0.15) is 98.3 Å². The van der Waals surface area contributed by atoms with Gasteiger partial charge in [-0.25, -0.2) is 0 Å². The number of Topliss-reactive ketones (excluding diaryl/α,β-unsaturated/α-hetero) is 1. The van der Waals surface area contributed by atoms with Crippen LogP contribution in [0.3, 0.4) is 0 Å². The molecule has 1 aliphatic heterocycles. The maximum atomic E-state index is 11.5. The number of fused-ring (bicyclic) bond motifs is 2. The molecule has 27 heavy (non-hydrogen) atoms. The van der Waals surface area contributed by atoms with E-state index in [0.717, 1.165) is 42.6 Å². The molecule has 0 aromatic heterocycles. The Labute approximate surface area is 166 Å². The van der Waals surface area contributed by atoms with E-state index in [-0.39, 0.29) is 0 Å². The van der Waals surface area contributed by atoms with Crippen molar-refractivity contribution in [1.82, 2.24) is 5.32 Å². The van der Waals surface area contributed by atoms with Gasteiger partial charge in [0.1, 0.15) is 5.78 Å². The molecular formula is C25H41NO. The van der Waals surface area contributed by atoms with Crippen molar-refractivity contribution in [2.75, 3.05) is 0 Å². The Balaban J connectivity index is 1.40. The molecule has 0 amide bonds. The van der Waals surface area contributed by atoms with Gasteiger partial charge in [-0.15, -0.1) is 0 Å². The Kier molecular flexibility index (Phi) is 4.19. The maximum absolute atomic E-state index is 11.5. The summed E-state index contributed by atoms with van der Waals surface area (Å²) in [6.07, 6.45) is 15.0. The Morgan fingerprint density at radius 3 is 2.70 bits per heavy atom. The van der Waals surface area contributed by atoms with E-state index in [1.165, 1.54) is 57.8 Å². The van der Waals surface area contributed by atoms with Crippen LogP contribution in [0.5, 0.6) is 0 Å². The van der Waals surface area contributed by atoms with Gasteiger partial charge in [0.2, 0.25) is 0 Å². The number of piperidine rings is 1. The summed E-state index contributed by atoms with van der Waals surface area (Å²) >= 11 is 0. The van der Waals surface area contributed by atoms with Gasteiger partial charge in [0.05, 0.1) is 0 Å². The first-order chi connectivity index (χ1) is 12.8. The van der Waals surface area contributed by atoms with Gasteiger partial charge in [-0.3, -0.25) is 0 Å². The summed E-state index contributed by atoms with van der Waals surface area (Å²) in [7, 11) is 0. The van der Waals surface area contributed by atoms with E-state index in [9.17, 15) is 4.79 Å². The van der Waals surface area contributed by atoms with Crippen molar-refractivity contribution < 1.29 is 4.79 Å². The molecule has 5 fully saturated rings. The monoisotopic (exact) mass is 371 g/mol. The van der Waals surface area contributed by atoms with Gasteiger partial charge in [-0.1, -0.05) is 33.6 Å². The molecule has 0 aromatic carbocycles. The topological polar surface area (TPSA) is 29.1 Å². The maximum Gasteiger partial charge on any atom is 0.129 e. The van der Waals surface area contributed by atoms with Gasteiger partial charge < -0.3 is 10.1 Å². The van der Waals surface area contributed by atoms with Crippen molar-refractivity contribution in [3.63, 3.8) is 0 Å². The van der Waals surface area contributed by atoms with Gasteiger partial charge >= 0.3 is 0 Å². The number of carbonyl (C=O) groups excluding carboxylic acids is 1. The lowest BCUT2D eigenvalue weighted by atomic mass is 9.36. The zero-order chi connectivity index (χ0) is 19.0. The third-order valence-electron chi connectivity index (χ3n) is 11.0. The molecule has 0 unspecified atom stereocenters. The minimum Gasteiger partial charge on any atom is -0.307 e. The fraction of sp³-hybridized carbons (Fsp3) is 0.960. The molecule has 4 saturated carbocycles. The predicted octanol–water partition coefficient (Wildman–Crippen LogP) is 5.75. The number of ketones is 1. The van der Waals surface area contributed by atoms with Crippen LogP contribution in [-0.4, -0.2) is 17.4 Å². The van der Waals surface area contributed by atoms with Crippen LogP contribution in [0.15, 0.2) is 0 Å². The van der Waals surface area contributed by atoms with Crippen LogP contribution in [0.2, 0.25) is 0 Å². The summed E-state index contributed by atoms with van der Waals surface area (Å²) in [6, 6.07) is 0.817. The van der Waals surface area contributed by atoms with Crippen molar-refractivity contribution in [2.24, 2.45) is 40.4 Å². The van der Waals surface area contributed by atoms with E-state index in [1.54, 1.807) is 6.92 Å². The highest BCUT2D eigenvalue weighted by Gasteiger charge is 2.74. The van der Waals surface area contributed by atoms with Crippen LogP contribution in [0, 0.1) is 40.4 Å². The number of hydrogen-bond acceptors (Lipinski definition) is 2. The van der Waals surface area contributed by atoms with Gasteiger partial charge in [-0.05, 0) is 98.7 Å². The van der Waals surface area contributed by atoms with Crippen molar-refractivity contribution in [3.8, 4) is 0 Å². The van der Waals surface area contributed by atoms with Gasteiger partial charge in [-0.2, -0.15) is 0 Å². The molecule has 2 nitrogen and oxygen atoms in total. The van der Waals surface area contributed by atoms with E-state index in [2.05, 4.69) is 26.1 Å². The zero-order valence-corrected chi connectivity index (χ0v) is 18.2. The average molecular weight is 372 g/mol. The Morgan fingerprint density at radius 2 is 1.93 bits per heavy atom. The molecule has 1 N–H and O–H groups in total. The Morgan fingerprint density at radius 1 is 1.11 bits per heavy atom. The van der Waals surface area contributed by atoms with Crippen LogP contribution in [-0.2, 0) is 4.79 Å². The molecule has 1 saturated heterocycles. The van der Waals surface area contributed by atoms with Gasteiger partial charge in [0.15, 0.2) is 0 Å². The second-order valence-electron chi connectivity index (χ2n) is 11.9. The summed E-state index contributed by atoms with van der Waals surface area (Å²) in [5.74, 6) is 4.80. The van der Waals surface area contributed by atoms with Crippen molar-refractivity contribution >= 4 is 5.78 Å². The first kappa shape index (κ1) is 18.6. The molecule has 2 bridgehead atoms. The fourth-order valence-electron chi connectivity index (χ4n) is 9.63. The third kappa shape index (κ3) is 2.31. The first-order valence-electron chi connectivity index (χ1n) is 12.1. The summed E-state index contributed by atoms with van der Waals surface area (Å²) < 4.78 is 0. The predicted molar refractivity (Wildman–Crippen MR) is 110 cm³/mol. The van der Waals surface area contributed by atoms with Crippen molar-refractivity contribution in [1.29, 1.82) is 0 Å². The molecule has 152 valence electrons. The van der Waals surface area contributed by atoms with Crippen LogP contribution in [0.25, 0.3) is 0 Å². The highest BCUT2D eigenvalue weighted by molar-refractivity contribution is 5.75. The second-order valence-corrected chi connectivity index (χ2v) is 11.9. The van der Waals surface area contributed by atoms with Gasteiger partial charge in [0, 0.05) is 18.0 Å². The van der Waals surface area contributed by atoms with Crippen LogP contribution in [0.4, 0.5) is 0 Å². The number of hydrogen-bond donors (Lipinski definition) is 1. The lowest BCUT2D eigenvalue weighted by Crippen LogP contribution is -2.86. The SMILES string of the molecule is CC(=O)CC[C@@H](C)[C@H]1CC[C@H]2[C@@H]3[C@H]4C[C@@H]5CCCC[C@]5(C)[C@]3(CC[C@]12C)N4. The third-order valence-corrected chi connectivity index (χ3v) is 11.0. The minimum atomic E-state index is 0.373. The summed E-state index contributed by atoms with van der Waals surface area (Å²) in [5.41, 5.74) is 1.57. The molecule has 0 aromatic rings. The van der Waals surface area contributed by atoms with E-state index < -0.39 is 0 Å². The van der Waals surface area contributed by atoms with Crippen LogP contribution < -0.4 is 5.32 Å². The standard InChI is InChI=1S/C25H41NO/c1-16(8-9-17(2)27)19-10-11-20-22-21-15-18-7-5-6-12-24(18,4)25(22,26-21)14-13-23(19,20)3/h16,18-22,26H,5-15H2,1-4H3/t16-,18+,19-,20+,21-,22-,23-,24+,25-/m1/s1. The molecule has 1 heterocycles. The van der Waals surface area contributed by atoms with Gasteiger partial charge in [0.25, 0.3) is 0 Å². The highest BCUT2D eigenvalue weighted by Crippen LogP contribution is 2.73. The highest BCUT2D eigenvalue weighted by atomic mass is 16.1. The second kappa shape index (κ2) is 6.07. The quantitative estimate of drug-likeness (QED) is 0.682. The molecule has 5 rings (SSSR count). The fourth-order valence-corrected chi connectivity index (χ4v) is 9.63. The van der Waals surface area contributed by atoms with E-state index in [4.69, 9.17) is 0 Å². The molecule has 9 atom stereocenters. The normalized spacial score (nSPS) is 54.3. The first-order valence-corrected chi connectivity index (χ1v) is 12.1. The van der Waals surface area contributed by atoms with E-state index in [0.29, 0.717) is 28.1 Å². The molecule has 4 aliphatic carbocycles. The average Bonchev–Trinajstić information content (AvgIpc) is 2.95. The van der Waals surface area contributed by atoms with Crippen molar-refractivity contribution in [3.05, 3.63) is 0 Å². The Bertz CT molecular complexity index is 628. The minimum absolute atomic E-state index is 0.373. The zero-order valence-electron chi connectivity index (χ0n) is 18.2. The molecule has 5 aliphatic rings. The largest absolute Gasteiger partial charge is 0.307 e. The molecular weight excluding hydrogens is 330 g/mol. The van der Waals surface area contributed by atoms with Crippen molar-refractivity contribution in [2.45, 2.75) is 110 Å². The van der Waals surface area contributed by atoms with E-state index >= 15 is 0 Å².